The van der Waals surface area contributed by atoms with Gasteiger partial charge >= 0.3 is 6.18 Å². The highest BCUT2D eigenvalue weighted by Crippen LogP contribution is 2.30. The summed E-state index contributed by atoms with van der Waals surface area (Å²) in [5.41, 5.74) is -0.361. The highest BCUT2D eigenvalue weighted by Gasteiger charge is 2.30. The number of nitrogens with one attached hydrogen (secondary N) is 2. The maximum atomic E-state index is 12.5. The zero-order valence-electron chi connectivity index (χ0n) is 10.4. The molecular weight excluding hydrogens is 293 g/mol. The molecule has 1 rings (SSSR count). The van der Waals surface area contributed by atoms with Gasteiger partial charge in [0.2, 0.25) is 0 Å². The minimum Gasteiger partial charge on any atom is -0.362 e. The van der Waals surface area contributed by atoms with Crippen molar-refractivity contribution in [1.29, 1.82) is 0 Å². The molecule has 0 aliphatic carbocycles. The van der Waals surface area contributed by atoms with Gasteiger partial charge in [0.25, 0.3) is 0 Å². The van der Waals surface area contributed by atoms with Gasteiger partial charge in [-0.05, 0) is 48.8 Å². The lowest BCUT2D eigenvalue weighted by atomic mass is 10.2. The predicted molar refractivity (Wildman–Crippen MR) is 78.7 cm³/mol. The molecular formula is C12H15F3N2S2. The van der Waals surface area contributed by atoms with Crippen molar-refractivity contribution in [3.05, 3.63) is 29.8 Å². The van der Waals surface area contributed by atoms with Gasteiger partial charge in [-0.1, -0.05) is 6.07 Å². The Morgan fingerprint density at radius 3 is 2.74 bits per heavy atom. The molecule has 0 saturated heterocycles. The van der Waals surface area contributed by atoms with E-state index in [4.69, 9.17) is 12.2 Å². The third-order valence-corrected chi connectivity index (χ3v) is 3.20. The van der Waals surface area contributed by atoms with Crippen molar-refractivity contribution in [2.24, 2.45) is 0 Å². The van der Waals surface area contributed by atoms with Crippen molar-refractivity contribution < 1.29 is 13.2 Å². The second kappa shape index (κ2) is 7.59. The Morgan fingerprint density at radius 1 is 1.37 bits per heavy atom. The quantitative estimate of drug-likeness (QED) is 0.639. The molecule has 106 valence electrons. The highest BCUT2D eigenvalue weighted by atomic mass is 32.2. The fraction of sp³-hybridized carbons (Fsp3) is 0.417. The molecule has 2 N–H and O–H groups in total. The Bertz CT molecular complexity index is 422. The van der Waals surface area contributed by atoms with Crippen molar-refractivity contribution >= 4 is 34.8 Å². The molecule has 0 spiro atoms. The van der Waals surface area contributed by atoms with Crippen LogP contribution in [-0.2, 0) is 6.18 Å². The van der Waals surface area contributed by atoms with Crippen LogP contribution in [0.15, 0.2) is 24.3 Å². The van der Waals surface area contributed by atoms with E-state index in [1.165, 1.54) is 6.07 Å². The minimum atomic E-state index is -4.34. The van der Waals surface area contributed by atoms with Crippen LogP contribution in [0.2, 0.25) is 0 Å². The Morgan fingerprint density at radius 2 is 2.11 bits per heavy atom. The summed E-state index contributed by atoms with van der Waals surface area (Å²) in [6, 6.07) is 4.96. The van der Waals surface area contributed by atoms with E-state index < -0.39 is 11.7 Å². The SMILES string of the molecule is CSCCCNC(=S)Nc1cccc(C(F)(F)F)c1. The number of alkyl halides is 3. The lowest BCUT2D eigenvalue weighted by Crippen LogP contribution is -2.29. The average Bonchev–Trinajstić information content (AvgIpc) is 2.34. The molecule has 2 nitrogen and oxygen atoms in total. The summed E-state index contributed by atoms with van der Waals surface area (Å²) in [6.45, 7) is 0.700. The number of hydrogen-bond acceptors (Lipinski definition) is 2. The highest BCUT2D eigenvalue weighted by molar-refractivity contribution is 7.98. The number of thiocarbonyl (C=S) groups is 1. The zero-order valence-corrected chi connectivity index (χ0v) is 12.0. The maximum Gasteiger partial charge on any atom is 0.416 e. The Kier molecular flexibility index (Phi) is 6.44. The van der Waals surface area contributed by atoms with E-state index >= 15 is 0 Å². The minimum absolute atomic E-state index is 0.331. The molecule has 0 fully saturated rings. The van der Waals surface area contributed by atoms with Crippen molar-refractivity contribution in [3.63, 3.8) is 0 Å². The fourth-order valence-corrected chi connectivity index (χ4v) is 2.02. The summed E-state index contributed by atoms with van der Waals surface area (Å²) < 4.78 is 37.5. The molecule has 0 amide bonds. The number of hydrogen-bond donors (Lipinski definition) is 2. The Balaban J connectivity index is 2.50. The van der Waals surface area contributed by atoms with Crippen LogP contribution in [-0.4, -0.2) is 23.7 Å². The second-order valence-corrected chi connectivity index (χ2v) is 5.20. The molecule has 0 aromatic heterocycles. The van der Waals surface area contributed by atoms with E-state index in [1.54, 1.807) is 17.8 Å². The normalized spacial score (nSPS) is 11.2. The molecule has 1 aromatic carbocycles. The molecule has 0 unspecified atom stereocenters. The number of benzene rings is 1. The van der Waals surface area contributed by atoms with Gasteiger partial charge in [0.15, 0.2) is 5.11 Å². The largest absolute Gasteiger partial charge is 0.416 e. The first kappa shape index (κ1) is 16.1. The van der Waals surface area contributed by atoms with E-state index in [0.717, 1.165) is 24.3 Å². The Hall–Kier alpha value is -0.950. The summed E-state index contributed by atoms with van der Waals surface area (Å²) in [5.74, 6) is 1.01. The summed E-state index contributed by atoms with van der Waals surface area (Å²) in [5, 5.41) is 6.03. The van der Waals surface area contributed by atoms with Gasteiger partial charge in [0.05, 0.1) is 5.56 Å². The van der Waals surface area contributed by atoms with Gasteiger partial charge < -0.3 is 10.6 Å². The molecule has 1 aromatic rings. The van der Waals surface area contributed by atoms with Crippen LogP contribution >= 0.6 is 24.0 Å². The first-order valence-electron chi connectivity index (χ1n) is 5.64. The van der Waals surface area contributed by atoms with Crippen LogP contribution in [0.5, 0.6) is 0 Å². The Labute approximate surface area is 120 Å². The maximum absolute atomic E-state index is 12.5. The van der Waals surface area contributed by atoms with Crippen LogP contribution in [0, 0.1) is 0 Å². The summed E-state index contributed by atoms with van der Waals surface area (Å²) >= 11 is 6.75. The monoisotopic (exact) mass is 308 g/mol. The van der Waals surface area contributed by atoms with Crippen LogP contribution in [0.3, 0.4) is 0 Å². The number of halogens is 3. The molecule has 0 atom stereocenters. The first-order chi connectivity index (χ1) is 8.93. The van der Waals surface area contributed by atoms with Gasteiger partial charge in [-0.25, -0.2) is 0 Å². The lowest BCUT2D eigenvalue weighted by molar-refractivity contribution is -0.137. The van der Waals surface area contributed by atoms with Gasteiger partial charge in [0, 0.05) is 12.2 Å². The lowest BCUT2D eigenvalue weighted by Gasteiger charge is -2.12. The molecule has 19 heavy (non-hydrogen) atoms. The fourth-order valence-electron chi connectivity index (χ4n) is 1.37. The van der Waals surface area contributed by atoms with Crippen LogP contribution in [0.25, 0.3) is 0 Å². The average molecular weight is 308 g/mol. The van der Waals surface area contributed by atoms with E-state index in [9.17, 15) is 13.2 Å². The van der Waals surface area contributed by atoms with Gasteiger partial charge in [0.1, 0.15) is 0 Å². The van der Waals surface area contributed by atoms with Gasteiger partial charge in [-0.2, -0.15) is 24.9 Å². The summed E-state index contributed by atoms with van der Waals surface area (Å²) in [6.07, 6.45) is -1.38. The van der Waals surface area contributed by atoms with Crippen molar-refractivity contribution in [2.75, 3.05) is 23.9 Å². The summed E-state index contributed by atoms with van der Waals surface area (Å²) in [7, 11) is 0. The number of thioether (sulfide) groups is 1. The number of rotatable bonds is 5. The second-order valence-electron chi connectivity index (χ2n) is 3.81. The van der Waals surface area contributed by atoms with Crippen molar-refractivity contribution in [3.8, 4) is 0 Å². The molecule has 0 aliphatic rings. The number of anilines is 1. The zero-order chi connectivity index (χ0) is 14.3. The van der Waals surface area contributed by atoms with Crippen LogP contribution < -0.4 is 10.6 Å². The summed E-state index contributed by atoms with van der Waals surface area (Å²) in [4.78, 5) is 0. The van der Waals surface area contributed by atoms with Gasteiger partial charge in [-0.3, -0.25) is 0 Å². The van der Waals surface area contributed by atoms with Crippen LogP contribution in [0.1, 0.15) is 12.0 Å². The molecule has 0 heterocycles. The van der Waals surface area contributed by atoms with E-state index in [0.29, 0.717) is 17.3 Å². The molecule has 0 aliphatic heterocycles. The van der Waals surface area contributed by atoms with Crippen LogP contribution in [0.4, 0.5) is 18.9 Å². The van der Waals surface area contributed by atoms with E-state index in [2.05, 4.69) is 10.6 Å². The third kappa shape index (κ3) is 6.15. The first-order valence-corrected chi connectivity index (χ1v) is 7.45. The molecule has 0 radical (unpaired) electrons. The molecule has 7 heteroatoms. The predicted octanol–water partition coefficient (Wildman–Crippen LogP) is 3.74. The van der Waals surface area contributed by atoms with Crippen molar-refractivity contribution in [1.82, 2.24) is 5.32 Å². The third-order valence-electron chi connectivity index (χ3n) is 2.26. The molecule has 0 saturated carbocycles. The molecule has 0 bridgehead atoms. The van der Waals surface area contributed by atoms with Crippen molar-refractivity contribution in [2.45, 2.75) is 12.6 Å². The standard InChI is InChI=1S/C12H15F3N2S2/c1-19-7-3-6-16-11(18)17-10-5-2-4-9(8-10)12(13,14)15/h2,4-5,8H,3,6-7H2,1H3,(H2,16,17,18). The topological polar surface area (TPSA) is 24.1 Å². The smallest absolute Gasteiger partial charge is 0.362 e. The van der Waals surface area contributed by atoms with E-state index in [-0.39, 0.29) is 0 Å². The van der Waals surface area contributed by atoms with Gasteiger partial charge in [-0.15, -0.1) is 0 Å². The van der Waals surface area contributed by atoms with E-state index in [1.807, 2.05) is 6.26 Å².